The average molecular weight is 376 g/mol. The topological polar surface area (TPSA) is 149 Å². The first-order valence-corrected chi connectivity index (χ1v) is 6.13. The summed E-state index contributed by atoms with van der Waals surface area (Å²) < 4.78 is 0. The third-order valence-corrected chi connectivity index (χ3v) is 1.46. The Bertz CT molecular complexity index is 388. The summed E-state index contributed by atoms with van der Waals surface area (Å²) in [4.78, 5) is 38.4. The van der Waals surface area contributed by atoms with Crippen molar-refractivity contribution in [2.24, 2.45) is 0 Å². The van der Waals surface area contributed by atoms with Crippen LogP contribution in [-0.4, -0.2) is 55.3 Å². The first kappa shape index (κ1) is 33.6. The van der Waals surface area contributed by atoms with E-state index in [9.17, 15) is 19.2 Å². The van der Waals surface area contributed by atoms with Gasteiger partial charge in [-0.1, -0.05) is 26.3 Å². The second-order valence-electron chi connectivity index (χ2n) is 4.34. The Kier molecular flexibility index (Phi) is 25.7. The molecule has 0 atom stereocenters. The molecule has 25 heavy (non-hydrogen) atoms. The second kappa shape index (κ2) is 19.1. The number of hydrogen-bond donors (Lipinski definition) is 4. The zero-order valence-corrected chi connectivity index (χ0v) is 14.3. The molecule has 0 aliphatic rings. The summed E-state index contributed by atoms with van der Waals surface area (Å²) in [5.41, 5.74) is 0.704. The van der Waals surface area contributed by atoms with E-state index in [1.54, 1.807) is 0 Å². The SMILES string of the molecule is C=C(C)C(=O)O.C=C(C)C(=O)O.C=C(C)C(=O)O.C=C(C)C(=O)O.[SiH4]. The van der Waals surface area contributed by atoms with Gasteiger partial charge in [-0.05, 0) is 38.7 Å². The van der Waals surface area contributed by atoms with Crippen LogP contribution in [0.4, 0.5) is 0 Å². The number of rotatable bonds is 4. The van der Waals surface area contributed by atoms with Crippen LogP contribution >= 0.6 is 0 Å². The lowest BCUT2D eigenvalue weighted by atomic mass is 10.4. The predicted octanol–water partition coefficient (Wildman–Crippen LogP) is 1.14. The quantitative estimate of drug-likeness (QED) is 0.421. The molecule has 0 unspecified atom stereocenters. The van der Waals surface area contributed by atoms with Gasteiger partial charge in [0.05, 0.1) is 0 Å². The minimum atomic E-state index is -0.935. The summed E-state index contributed by atoms with van der Waals surface area (Å²) in [5, 5.41) is 31.6. The molecule has 0 aliphatic heterocycles. The molecule has 0 aromatic rings. The van der Waals surface area contributed by atoms with Crippen LogP contribution < -0.4 is 0 Å². The van der Waals surface area contributed by atoms with Crippen molar-refractivity contribution < 1.29 is 39.6 Å². The van der Waals surface area contributed by atoms with Crippen LogP contribution in [0.1, 0.15) is 27.7 Å². The number of hydrogen-bond acceptors (Lipinski definition) is 4. The minimum Gasteiger partial charge on any atom is -0.478 e. The molecule has 0 saturated heterocycles. The van der Waals surface area contributed by atoms with E-state index >= 15 is 0 Å². The summed E-state index contributed by atoms with van der Waals surface area (Å²) in [6, 6.07) is 0. The van der Waals surface area contributed by atoms with Crippen LogP contribution in [0.2, 0.25) is 0 Å². The molecule has 0 fully saturated rings. The van der Waals surface area contributed by atoms with Crippen molar-refractivity contribution in [3.05, 3.63) is 48.6 Å². The van der Waals surface area contributed by atoms with Crippen LogP contribution in [0.3, 0.4) is 0 Å². The van der Waals surface area contributed by atoms with Gasteiger partial charge in [0.2, 0.25) is 0 Å². The predicted molar refractivity (Wildman–Crippen MR) is 101 cm³/mol. The van der Waals surface area contributed by atoms with Crippen molar-refractivity contribution in [1.82, 2.24) is 0 Å². The number of carboxylic acids is 4. The standard InChI is InChI=1S/4C4H6O2.H4Si/c4*1-3(2)4(5)6;/h4*1H2,2H3,(H,5,6);1H4. The second-order valence-corrected chi connectivity index (χ2v) is 4.34. The van der Waals surface area contributed by atoms with Crippen molar-refractivity contribution in [3.8, 4) is 0 Å². The Balaban J connectivity index is -0.0000000702. The van der Waals surface area contributed by atoms with Crippen molar-refractivity contribution in [2.45, 2.75) is 27.7 Å². The number of carbonyl (C=O) groups is 4. The monoisotopic (exact) mass is 376 g/mol. The Labute approximate surface area is 151 Å². The Morgan fingerprint density at radius 1 is 0.480 bits per heavy atom. The Hall–Kier alpha value is -2.94. The fourth-order valence-electron chi connectivity index (χ4n) is 0. The van der Waals surface area contributed by atoms with Gasteiger partial charge in [0.1, 0.15) is 0 Å². The van der Waals surface area contributed by atoms with Crippen LogP contribution in [0, 0.1) is 0 Å². The van der Waals surface area contributed by atoms with Gasteiger partial charge in [-0.25, -0.2) is 19.2 Å². The third kappa shape index (κ3) is 44.9. The van der Waals surface area contributed by atoms with Crippen LogP contribution in [0.25, 0.3) is 0 Å². The Morgan fingerprint density at radius 2 is 0.520 bits per heavy atom. The van der Waals surface area contributed by atoms with Gasteiger partial charge in [-0.3, -0.25) is 0 Å². The van der Waals surface area contributed by atoms with Gasteiger partial charge in [0.15, 0.2) is 0 Å². The van der Waals surface area contributed by atoms with Crippen molar-refractivity contribution >= 4 is 34.8 Å². The highest BCUT2D eigenvalue weighted by Gasteiger charge is 1.91. The maximum absolute atomic E-state index is 9.60. The largest absolute Gasteiger partial charge is 0.478 e. The van der Waals surface area contributed by atoms with Gasteiger partial charge in [0.25, 0.3) is 0 Å². The molecule has 0 heterocycles. The molecule has 0 aromatic heterocycles. The molecule has 0 rings (SSSR count). The van der Waals surface area contributed by atoms with Gasteiger partial charge in [0, 0.05) is 22.3 Å². The highest BCUT2D eigenvalue weighted by atomic mass is 28.1. The molecule has 0 bridgehead atoms. The van der Waals surface area contributed by atoms with Crippen LogP contribution in [0.5, 0.6) is 0 Å². The van der Waals surface area contributed by atoms with Crippen molar-refractivity contribution in [2.75, 3.05) is 0 Å². The molecule has 0 saturated carbocycles. The van der Waals surface area contributed by atoms with Gasteiger partial charge in [-0.15, -0.1) is 0 Å². The van der Waals surface area contributed by atoms with Gasteiger partial charge in [-0.2, -0.15) is 0 Å². The normalized spacial score (nSPS) is 7.20. The zero-order chi connectivity index (χ0) is 20.6. The number of aliphatic carboxylic acids is 4. The van der Waals surface area contributed by atoms with Gasteiger partial charge >= 0.3 is 23.9 Å². The van der Waals surface area contributed by atoms with E-state index in [1.165, 1.54) is 27.7 Å². The molecule has 0 aromatic carbocycles. The summed E-state index contributed by atoms with van der Waals surface area (Å²) in [7, 11) is 0. The van der Waals surface area contributed by atoms with Gasteiger partial charge < -0.3 is 20.4 Å². The molecule has 0 amide bonds. The van der Waals surface area contributed by atoms with E-state index in [-0.39, 0.29) is 33.3 Å². The summed E-state index contributed by atoms with van der Waals surface area (Å²) in [5.74, 6) is -3.74. The molecule has 0 spiro atoms. The highest BCUT2D eigenvalue weighted by molar-refractivity contribution is 5.85. The molecule has 4 N–H and O–H groups in total. The maximum atomic E-state index is 9.60. The Morgan fingerprint density at radius 3 is 0.520 bits per heavy atom. The van der Waals surface area contributed by atoms with Crippen molar-refractivity contribution in [1.29, 1.82) is 0 Å². The summed E-state index contributed by atoms with van der Waals surface area (Å²) in [6.07, 6.45) is 0. The average Bonchev–Trinajstić information content (AvgIpc) is 2.40. The van der Waals surface area contributed by atoms with Crippen LogP contribution in [0.15, 0.2) is 48.6 Å². The van der Waals surface area contributed by atoms with E-state index in [0.717, 1.165) is 0 Å². The lowest BCUT2D eigenvalue weighted by Crippen LogP contribution is -1.92. The van der Waals surface area contributed by atoms with Crippen molar-refractivity contribution in [3.63, 3.8) is 0 Å². The maximum Gasteiger partial charge on any atom is 0.330 e. The molecule has 144 valence electrons. The zero-order valence-electron chi connectivity index (χ0n) is 14.3. The van der Waals surface area contributed by atoms with E-state index in [4.69, 9.17) is 20.4 Å². The third-order valence-electron chi connectivity index (χ3n) is 1.46. The van der Waals surface area contributed by atoms with E-state index in [2.05, 4.69) is 26.3 Å². The summed E-state index contributed by atoms with van der Waals surface area (Å²) >= 11 is 0. The highest BCUT2D eigenvalue weighted by Crippen LogP contribution is 1.82. The molecule has 9 heteroatoms. The first-order chi connectivity index (χ1) is 10.6. The van der Waals surface area contributed by atoms with E-state index in [0.29, 0.717) is 0 Å². The summed E-state index contributed by atoms with van der Waals surface area (Å²) in [6.45, 7) is 18.4. The lowest BCUT2D eigenvalue weighted by Gasteiger charge is -1.79. The molecular weight excluding hydrogens is 348 g/mol. The first-order valence-electron chi connectivity index (χ1n) is 6.13. The molecular formula is C16H28O8Si. The fourth-order valence-corrected chi connectivity index (χ4v) is 0. The minimum absolute atomic E-state index is 0. The lowest BCUT2D eigenvalue weighted by molar-refractivity contribution is -0.133. The molecule has 0 radical (unpaired) electrons. The van der Waals surface area contributed by atoms with E-state index in [1.807, 2.05) is 0 Å². The smallest absolute Gasteiger partial charge is 0.330 e. The number of carboxylic acid groups (broad SMARTS) is 4. The molecule has 0 aliphatic carbocycles. The fraction of sp³-hybridized carbons (Fsp3) is 0.250. The molecule has 8 nitrogen and oxygen atoms in total. The van der Waals surface area contributed by atoms with Crippen LogP contribution in [-0.2, 0) is 19.2 Å². The van der Waals surface area contributed by atoms with E-state index < -0.39 is 23.9 Å².